The molecule has 0 amide bonds. The van der Waals surface area contributed by atoms with Crippen LogP contribution >= 0.6 is 0 Å². The molecule has 0 fully saturated rings. The molecule has 0 aromatic heterocycles. The smallest absolute Gasteiger partial charge is 0.305 e. The first-order chi connectivity index (χ1) is 6.95. The molecule has 0 rings (SSSR count). The van der Waals surface area contributed by atoms with E-state index in [1.807, 2.05) is 6.92 Å². The Balaban J connectivity index is 3.22. The second-order valence-electron chi connectivity index (χ2n) is 4.79. The summed E-state index contributed by atoms with van der Waals surface area (Å²) in [6.07, 6.45) is 3.70. The minimum Gasteiger partial charge on any atom is -0.466 e. The first kappa shape index (κ1) is 14.4. The zero-order chi connectivity index (χ0) is 11.7. The Morgan fingerprint density at radius 2 is 1.87 bits per heavy atom. The molecule has 0 saturated carbocycles. The Bertz CT molecular complexity index is 173. The van der Waals surface area contributed by atoms with Gasteiger partial charge in [-0.2, -0.15) is 0 Å². The van der Waals surface area contributed by atoms with Gasteiger partial charge in [0.05, 0.1) is 6.61 Å². The first-order valence-corrected chi connectivity index (χ1v) is 5.86. The van der Waals surface area contributed by atoms with Crippen molar-refractivity contribution in [1.29, 1.82) is 0 Å². The third-order valence-corrected chi connectivity index (χ3v) is 2.02. The van der Waals surface area contributed by atoms with Crippen LogP contribution in [0, 0.1) is 0 Å². The van der Waals surface area contributed by atoms with Crippen molar-refractivity contribution in [1.82, 2.24) is 5.32 Å². The summed E-state index contributed by atoms with van der Waals surface area (Å²) >= 11 is 0. The van der Waals surface area contributed by atoms with E-state index in [0.717, 1.165) is 25.8 Å². The van der Waals surface area contributed by atoms with Crippen LogP contribution in [0.2, 0.25) is 0 Å². The summed E-state index contributed by atoms with van der Waals surface area (Å²) in [4.78, 5) is 11.0. The van der Waals surface area contributed by atoms with Crippen LogP contribution in [0.4, 0.5) is 0 Å². The van der Waals surface area contributed by atoms with Crippen LogP contribution in [-0.2, 0) is 9.53 Å². The number of hydrogen-bond donors (Lipinski definition) is 1. The van der Waals surface area contributed by atoms with Crippen LogP contribution in [-0.4, -0.2) is 24.7 Å². The molecule has 1 N–H and O–H groups in total. The van der Waals surface area contributed by atoms with E-state index in [2.05, 4.69) is 26.1 Å². The summed E-state index contributed by atoms with van der Waals surface area (Å²) in [5.74, 6) is -0.0683. The molecule has 0 bridgehead atoms. The average Bonchev–Trinajstić information content (AvgIpc) is 2.09. The van der Waals surface area contributed by atoms with Gasteiger partial charge in [0.25, 0.3) is 0 Å². The van der Waals surface area contributed by atoms with Crippen molar-refractivity contribution >= 4 is 5.97 Å². The maximum absolute atomic E-state index is 11.0. The normalized spacial score (nSPS) is 11.5. The predicted octanol–water partition coefficient (Wildman–Crippen LogP) is 2.50. The molecular weight excluding hydrogens is 190 g/mol. The summed E-state index contributed by atoms with van der Waals surface area (Å²) in [5, 5.41) is 3.42. The molecule has 0 saturated heterocycles. The Morgan fingerprint density at radius 1 is 1.20 bits per heavy atom. The number of ether oxygens (including phenoxy) is 1. The summed E-state index contributed by atoms with van der Waals surface area (Å²) in [6.45, 7) is 9.82. The average molecular weight is 215 g/mol. The van der Waals surface area contributed by atoms with Crippen molar-refractivity contribution in [3.8, 4) is 0 Å². The van der Waals surface area contributed by atoms with E-state index < -0.39 is 0 Å². The van der Waals surface area contributed by atoms with Crippen LogP contribution in [0.15, 0.2) is 0 Å². The van der Waals surface area contributed by atoms with Gasteiger partial charge < -0.3 is 10.1 Å². The number of hydrogen-bond acceptors (Lipinski definition) is 3. The third-order valence-electron chi connectivity index (χ3n) is 2.02. The van der Waals surface area contributed by atoms with E-state index in [0.29, 0.717) is 13.0 Å². The zero-order valence-electron chi connectivity index (χ0n) is 10.6. The van der Waals surface area contributed by atoms with Crippen LogP contribution < -0.4 is 5.32 Å². The zero-order valence-corrected chi connectivity index (χ0v) is 10.6. The number of unbranched alkanes of at least 4 members (excludes halogenated alkanes) is 2. The fraction of sp³-hybridized carbons (Fsp3) is 0.917. The van der Waals surface area contributed by atoms with Gasteiger partial charge in [-0.3, -0.25) is 4.79 Å². The van der Waals surface area contributed by atoms with Crippen molar-refractivity contribution in [2.45, 2.75) is 58.9 Å². The van der Waals surface area contributed by atoms with Gasteiger partial charge in [-0.25, -0.2) is 0 Å². The molecule has 0 aliphatic rings. The molecule has 0 aromatic carbocycles. The fourth-order valence-electron chi connectivity index (χ4n) is 1.27. The molecule has 0 aliphatic heterocycles. The van der Waals surface area contributed by atoms with Gasteiger partial charge in [0.15, 0.2) is 0 Å². The highest BCUT2D eigenvalue weighted by Gasteiger charge is 2.07. The van der Waals surface area contributed by atoms with E-state index in [4.69, 9.17) is 4.74 Å². The van der Waals surface area contributed by atoms with E-state index in [9.17, 15) is 4.79 Å². The lowest BCUT2D eigenvalue weighted by molar-refractivity contribution is -0.143. The first-order valence-electron chi connectivity index (χ1n) is 5.86. The molecule has 0 heterocycles. The van der Waals surface area contributed by atoms with Crippen molar-refractivity contribution in [3.63, 3.8) is 0 Å². The number of carbonyl (C=O) groups excluding carboxylic acids is 1. The third kappa shape index (κ3) is 11.4. The minimum absolute atomic E-state index is 0.0683. The quantitative estimate of drug-likeness (QED) is 0.524. The molecule has 15 heavy (non-hydrogen) atoms. The lowest BCUT2D eigenvalue weighted by Crippen LogP contribution is -2.36. The van der Waals surface area contributed by atoms with E-state index >= 15 is 0 Å². The lowest BCUT2D eigenvalue weighted by Gasteiger charge is -2.20. The summed E-state index contributed by atoms with van der Waals surface area (Å²) < 4.78 is 4.85. The lowest BCUT2D eigenvalue weighted by atomic mass is 10.1. The highest BCUT2D eigenvalue weighted by Crippen LogP contribution is 2.03. The molecular formula is C12H25NO2. The van der Waals surface area contributed by atoms with Crippen LogP contribution in [0.3, 0.4) is 0 Å². The number of carbonyl (C=O) groups is 1. The van der Waals surface area contributed by atoms with Gasteiger partial charge in [0, 0.05) is 12.0 Å². The molecule has 0 aliphatic carbocycles. The van der Waals surface area contributed by atoms with E-state index in [1.165, 1.54) is 0 Å². The molecule has 0 atom stereocenters. The van der Waals surface area contributed by atoms with Crippen molar-refractivity contribution < 1.29 is 9.53 Å². The summed E-state index contributed by atoms with van der Waals surface area (Å²) in [7, 11) is 0. The molecule has 0 aromatic rings. The maximum Gasteiger partial charge on any atom is 0.305 e. The number of nitrogens with one attached hydrogen (secondary N) is 1. The Kier molecular flexibility index (Phi) is 7.39. The van der Waals surface area contributed by atoms with Crippen molar-refractivity contribution in [3.05, 3.63) is 0 Å². The van der Waals surface area contributed by atoms with E-state index in [-0.39, 0.29) is 11.5 Å². The Labute approximate surface area is 93.6 Å². The maximum atomic E-state index is 11.0. The Morgan fingerprint density at radius 3 is 2.40 bits per heavy atom. The fourth-order valence-corrected chi connectivity index (χ4v) is 1.27. The van der Waals surface area contributed by atoms with Gasteiger partial charge >= 0.3 is 5.97 Å². The molecule has 0 unspecified atom stereocenters. The Hall–Kier alpha value is -0.570. The second kappa shape index (κ2) is 7.69. The van der Waals surface area contributed by atoms with Gasteiger partial charge in [0.1, 0.15) is 0 Å². The van der Waals surface area contributed by atoms with Gasteiger partial charge in [0.2, 0.25) is 0 Å². The molecule has 3 nitrogen and oxygen atoms in total. The molecule has 0 spiro atoms. The second-order valence-corrected chi connectivity index (χ2v) is 4.79. The van der Waals surface area contributed by atoms with Crippen molar-refractivity contribution in [2.24, 2.45) is 0 Å². The van der Waals surface area contributed by atoms with Crippen LogP contribution in [0.25, 0.3) is 0 Å². The SMILES string of the molecule is CCOC(=O)CCCCCNC(C)(C)C. The highest BCUT2D eigenvalue weighted by molar-refractivity contribution is 5.69. The van der Waals surface area contributed by atoms with Crippen LogP contribution in [0.5, 0.6) is 0 Å². The van der Waals surface area contributed by atoms with Gasteiger partial charge in [-0.1, -0.05) is 6.42 Å². The number of esters is 1. The highest BCUT2D eigenvalue weighted by atomic mass is 16.5. The molecule has 0 radical (unpaired) electrons. The largest absolute Gasteiger partial charge is 0.466 e. The van der Waals surface area contributed by atoms with Crippen molar-refractivity contribution in [2.75, 3.05) is 13.2 Å². The number of rotatable bonds is 7. The van der Waals surface area contributed by atoms with E-state index in [1.54, 1.807) is 0 Å². The topological polar surface area (TPSA) is 38.3 Å². The summed E-state index contributed by atoms with van der Waals surface area (Å²) in [6, 6.07) is 0. The standard InChI is InChI=1S/C12H25NO2/c1-5-15-11(14)9-7-6-8-10-13-12(2,3)4/h13H,5-10H2,1-4H3. The monoisotopic (exact) mass is 215 g/mol. The minimum atomic E-state index is -0.0683. The predicted molar refractivity (Wildman–Crippen MR) is 62.9 cm³/mol. The van der Waals surface area contributed by atoms with Gasteiger partial charge in [-0.05, 0) is 47.1 Å². The molecule has 3 heteroatoms. The summed E-state index contributed by atoms with van der Waals surface area (Å²) in [5.41, 5.74) is 0.196. The van der Waals surface area contributed by atoms with Gasteiger partial charge in [-0.15, -0.1) is 0 Å². The van der Waals surface area contributed by atoms with Crippen LogP contribution in [0.1, 0.15) is 53.4 Å². The molecule has 90 valence electrons.